The number of hydrogen-bond donors (Lipinski definition) is 0. The fourth-order valence-electron chi connectivity index (χ4n) is 1.98. The predicted octanol–water partition coefficient (Wildman–Crippen LogP) is 1.54. The molecule has 1 rings (SSSR count). The van der Waals surface area contributed by atoms with Crippen molar-refractivity contribution in [3.8, 4) is 0 Å². The summed E-state index contributed by atoms with van der Waals surface area (Å²) >= 11 is 0. The standard InChI is InChI=1S/C12H23N2O/c1-3-4-5-6-7-13-8-10-14(11-9-13)12(2)15/h2-11H2,1H3. The molecule has 0 atom stereocenters. The lowest BCUT2D eigenvalue weighted by molar-refractivity contribution is -0.128. The highest BCUT2D eigenvalue weighted by Gasteiger charge is 2.17. The summed E-state index contributed by atoms with van der Waals surface area (Å²) in [5.74, 6) is -0.0272. The van der Waals surface area contributed by atoms with Crippen molar-refractivity contribution in [1.29, 1.82) is 0 Å². The zero-order valence-corrected chi connectivity index (χ0v) is 9.87. The molecule has 0 aromatic carbocycles. The molecule has 87 valence electrons. The van der Waals surface area contributed by atoms with E-state index in [1.165, 1.54) is 32.2 Å². The van der Waals surface area contributed by atoms with Gasteiger partial charge in [-0.15, -0.1) is 0 Å². The Labute approximate surface area is 93.4 Å². The SMILES string of the molecule is [CH2]C(=O)N1CCN(CCCCCC)CC1. The summed E-state index contributed by atoms with van der Waals surface area (Å²) in [6.45, 7) is 10.6. The minimum atomic E-state index is -0.0272. The summed E-state index contributed by atoms with van der Waals surface area (Å²) in [7, 11) is 0. The highest BCUT2D eigenvalue weighted by molar-refractivity contribution is 5.80. The maximum atomic E-state index is 11.0. The van der Waals surface area contributed by atoms with Crippen molar-refractivity contribution >= 4 is 5.91 Å². The van der Waals surface area contributed by atoms with Crippen LogP contribution in [0.25, 0.3) is 0 Å². The van der Waals surface area contributed by atoms with Crippen molar-refractivity contribution in [2.24, 2.45) is 0 Å². The molecule has 1 fully saturated rings. The molecule has 3 nitrogen and oxygen atoms in total. The van der Waals surface area contributed by atoms with E-state index < -0.39 is 0 Å². The first-order valence-corrected chi connectivity index (χ1v) is 6.07. The van der Waals surface area contributed by atoms with Gasteiger partial charge in [-0.25, -0.2) is 0 Å². The van der Waals surface area contributed by atoms with Crippen molar-refractivity contribution < 1.29 is 4.79 Å². The summed E-state index contributed by atoms with van der Waals surface area (Å²) in [6.07, 6.45) is 5.28. The van der Waals surface area contributed by atoms with Crippen molar-refractivity contribution in [3.63, 3.8) is 0 Å². The number of amides is 1. The quantitative estimate of drug-likeness (QED) is 0.644. The van der Waals surface area contributed by atoms with E-state index >= 15 is 0 Å². The van der Waals surface area contributed by atoms with E-state index in [1.807, 2.05) is 4.90 Å². The van der Waals surface area contributed by atoms with Gasteiger partial charge in [-0.2, -0.15) is 0 Å². The van der Waals surface area contributed by atoms with Crippen LogP contribution in [-0.4, -0.2) is 48.4 Å². The maximum Gasteiger partial charge on any atom is 0.223 e. The Bertz CT molecular complexity index is 186. The van der Waals surface area contributed by atoms with Crippen LogP contribution in [0.1, 0.15) is 32.6 Å². The topological polar surface area (TPSA) is 23.6 Å². The van der Waals surface area contributed by atoms with Gasteiger partial charge in [0.2, 0.25) is 5.91 Å². The molecule has 0 bridgehead atoms. The number of unbranched alkanes of at least 4 members (excludes halogenated alkanes) is 3. The third-order valence-electron chi connectivity index (χ3n) is 3.05. The molecule has 1 aliphatic rings. The fraction of sp³-hybridized carbons (Fsp3) is 0.833. The van der Waals surface area contributed by atoms with Crippen molar-refractivity contribution in [2.75, 3.05) is 32.7 Å². The molecule has 0 unspecified atom stereocenters. The van der Waals surface area contributed by atoms with E-state index in [1.54, 1.807) is 0 Å². The van der Waals surface area contributed by atoms with E-state index in [-0.39, 0.29) is 5.91 Å². The van der Waals surface area contributed by atoms with Crippen LogP contribution in [0.3, 0.4) is 0 Å². The maximum absolute atomic E-state index is 11.0. The van der Waals surface area contributed by atoms with Crippen LogP contribution in [0.4, 0.5) is 0 Å². The Balaban J connectivity index is 2.07. The van der Waals surface area contributed by atoms with Gasteiger partial charge in [0, 0.05) is 33.1 Å². The molecule has 1 aliphatic heterocycles. The van der Waals surface area contributed by atoms with Gasteiger partial charge in [0.1, 0.15) is 0 Å². The monoisotopic (exact) mass is 211 g/mol. The van der Waals surface area contributed by atoms with E-state index in [0.29, 0.717) is 0 Å². The average Bonchev–Trinajstić information content (AvgIpc) is 2.25. The molecule has 0 aliphatic carbocycles. The molecule has 0 aromatic rings. The second kappa shape index (κ2) is 6.83. The van der Waals surface area contributed by atoms with Crippen LogP contribution >= 0.6 is 0 Å². The lowest BCUT2D eigenvalue weighted by Gasteiger charge is -2.34. The second-order valence-electron chi connectivity index (χ2n) is 4.28. The van der Waals surface area contributed by atoms with Crippen LogP contribution in [0.2, 0.25) is 0 Å². The molecule has 0 saturated carbocycles. The van der Waals surface area contributed by atoms with Crippen LogP contribution in [0.5, 0.6) is 0 Å². The molecular formula is C12H23N2O. The minimum Gasteiger partial charge on any atom is -0.340 e. The Hall–Kier alpha value is -0.570. The van der Waals surface area contributed by atoms with Gasteiger partial charge in [0.25, 0.3) is 0 Å². The average molecular weight is 211 g/mol. The number of carbonyl (C=O) groups excluding carboxylic acids is 1. The van der Waals surface area contributed by atoms with Crippen LogP contribution in [0.15, 0.2) is 0 Å². The van der Waals surface area contributed by atoms with E-state index in [0.717, 1.165) is 26.2 Å². The second-order valence-corrected chi connectivity index (χ2v) is 4.28. The normalized spacial score (nSPS) is 18.1. The Morgan fingerprint density at radius 1 is 1.13 bits per heavy atom. The third-order valence-corrected chi connectivity index (χ3v) is 3.05. The lowest BCUT2D eigenvalue weighted by atomic mass is 10.2. The van der Waals surface area contributed by atoms with Crippen LogP contribution in [0, 0.1) is 6.92 Å². The predicted molar refractivity (Wildman–Crippen MR) is 62.5 cm³/mol. The largest absolute Gasteiger partial charge is 0.340 e. The molecule has 15 heavy (non-hydrogen) atoms. The van der Waals surface area contributed by atoms with Crippen LogP contribution in [-0.2, 0) is 4.79 Å². The van der Waals surface area contributed by atoms with E-state index in [4.69, 9.17) is 0 Å². The first kappa shape index (κ1) is 12.5. The van der Waals surface area contributed by atoms with E-state index in [2.05, 4.69) is 18.7 Å². The summed E-state index contributed by atoms with van der Waals surface area (Å²) in [4.78, 5) is 15.3. The minimum absolute atomic E-state index is 0.0272. The highest BCUT2D eigenvalue weighted by atomic mass is 16.2. The van der Waals surface area contributed by atoms with Gasteiger partial charge in [-0.05, 0) is 13.0 Å². The number of carbonyl (C=O) groups is 1. The molecule has 1 saturated heterocycles. The van der Waals surface area contributed by atoms with Crippen molar-refractivity contribution in [2.45, 2.75) is 32.6 Å². The molecular weight excluding hydrogens is 188 g/mol. The Morgan fingerprint density at radius 2 is 1.80 bits per heavy atom. The molecule has 0 aromatic heterocycles. The summed E-state index contributed by atoms with van der Waals surface area (Å²) in [6, 6.07) is 0. The summed E-state index contributed by atoms with van der Waals surface area (Å²) in [5.41, 5.74) is 0. The molecule has 1 heterocycles. The number of nitrogens with zero attached hydrogens (tertiary/aromatic N) is 2. The van der Waals surface area contributed by atoms with Crippen molar-refractivity contribution in [3.05, 3.63) is 6.92 Å². The molecule has 0 N–H and O–H groups in total. The Morgan fingerprint density at radius 3 is 2.33 bits per heavy atom. The lowest BCUT2D eigenvalue weighted by Crippen LogP contribution is -2.48. The molecule has 1 radical (unpaired) electrons. The third kappa shape index (κ3) is 4.65. The molecule has 3 heteroatoms. The fourth-order valence-corrected chi connectivity index (χ4v) is 1.98. The summed E-state index contributed by atoms with van der Waals surface area (Å²) < 4.78 is 0. The van der Waals surface area contributed by atoms with Gasteiger partial charge in [0.15, 0.2) is 0 Å². The van der Waals surface area contributed by atoms with Crippen LogP contribution < -0.4 is 0 Å². The van der Waals surface area contributed by atoms with Crippen molar-refractivity contribution in [1.82, 2.24) is 9.80 Å². The van der Waals surface area contributed by atoms with Gasteiger partial charge in [0.05, 0.1) is 0 Å². The summed E-state index contributed by atoms with van der Waals surface area (Å²) in [5, 5.41) is 0. The van der Waals surface area contributed by atoms with Gasteiger partial charge in [-0.3, -0.25) is 9.69 Å². The number of rotatable bonds is 5. The first-order valence-electron chi connectivity index (χ1n) is 6.07. The number of piperazine rings is 1. The molecule has 1 amide bonds. The smallest absolute Gasteiger partial charge is 0.223 e. The molecule has 0 spiro atoms. The number of hydrogen-bond acceptors (Lipinski definition) is 2. The van der Waals surface area contributed by atoms with Gasteiger partial charge < -0.3 is 4.90 Å². The van der Waals surface area contributed by atoms with Gasteiger partial charge >= 0.3 is 0 Å². The Kier molecular flexibility index (Phi) is 5.69. The zero-order chi connectivity index (χ0) is 11.1. The van der Waals surface area contributed by atoms with Gasteiger partial charge in [-0.1, -0.05) is 26.2 Å². The zero-order valence-electron chi connectivity index (χ0n) is 9.87. The van der Waals surface area contributed by atoms with E-state index in [9.17, 15) is 4.79 Å². The highest BCUT2D eigenvalue weighted by Crippen LogP contribution is 2.05. The first-order chi connectivity index (χ1) is 7.24.